The lowest BCUT2D eigenvalue weighted by Gasteiger charge is -2.41. The summed E-state index contributed by atoms with van der Waals surface area (Å²) in [5.41, 5.74) is -1.07. The highest BCUT2D eigenvalue weighted by molar-refractivity contribution is 5.89. The zero-order valence-electron chi connectivity index (χ0n) is 33.6. The van der Waals surface area contributed by atoms with Crippen LogP contribution in [0.15, 0.2) is 76.0 Å². The van der Waals surface area contributed by atoms with Crippen LogP contribution in [0.2, 0.25) is 0 Å². The second-order valence-electron chi connectivity index (χ2n) is 15.2. The molecule has 3 saturated heterocycles. The number of aliphatic hydroxyl groups excluding tert-OH is 11. The van der Waals surface area contributed by atoms with E-state index in [1.165, 1.54) is 54.6 Å². The first-order valence-electron chi connectivity index (χ1n) is 19.9. The van der Waals surface area contributed by atoms with Crippen molar-refractivity contribution >= 4 is 23.0 Å². The number of aromatic hydroxyl groups is 2. The molecule has 0 amide bonds. The lowest BCUT2D eigenvalue weighted by Crippen LogP contribution is -2.61. The number of phenolic OH excluding ortho intramolecular Hbond substituents is 2. The molecule has 65 heavy (non-hydrogen) atoms. The largest absolute Gasteiger partial charge is 0.508 e. The lowest BCUT2D eigenvalue weighted by atomic mass is 9.99. The Morgan fingerprint density at radius 1 is 0.600 bits per heavy atom. The number of ether oxygens (including phenoxy) is 7. The maximum absolute atomic E-state index is 14.5. The predicted octanol–water partition coefficient (Wildman–Crippen LogP) is -3.33. The molecule has 23 heteroatoms. The summed E-state index contributed by atoms with van der Waals surface area (Å²) in [6.07, 6.45) is -23.6. The van der Waals surface area contributed by atoms with E-state index >= 15 is 0 Å². The SMILES string of the molecule is O=C(C=Cc1ccc(O)cc1)O[C@H]1[C@H](Oc2c(-c3ccc(O[C@@H]4O[C@H](CO)[C@@H](O)[C@H](O)[C@H]4O)cc3)oc3cc(O[C@@H]4O[C@H](CO)[C@@H](O)[C@H](O)[C@H]4O)cc(O)c3c2=O)O[C@H](CO)[C@@H](O)[C@@H]1O. The molecule has 13 N–H and O–H groups in total. The van der Waals surface area contributed by atoms with Gasteiger partial charge in [-0.1, -0.05) is 12.1 Å². The fraction of sp³-hybridized carbons (Fsp3) is 0.429. The van der Waals surface area contributed by atoms with Gasteiger partial charge in [-0.3, -0.25) is 4.79 Å². The summed E-state index contributed by atoms with van der Waals surface area (Å²) in [6.45, 7) is -2.40. The van der Waals surface area contributed by atoms with Crippen LogP contribution in [-0.2, 0) is 23.7 Å². The van der Waals surface area contributed by atoms with E-state index in [2.05, 4.69) is 0 Å². The number of benzene rings is 3. The van der Waals surface area contributed by atoms with Gasteiger partial charge in [0.1, 0.15) is 101 Å². The summed E-state index contributed by atoms with van der Waals surface area (Å²) in [4.78, 5) is 27.6. The number of esters is 1. The molecule has 0 radical (unpaired) electrons. The highest BCUT2D eigenvalue weighted by atomic mass is 16.7. The molecular weight excluding hydrogens is 872 g/mol. The minimum atomic E-state index is -2.00. The zero-order chi connectivity index (χ0) is 46.9. The van der Waals surface area contributed by atoms with Crippen LogP contribution in [0.5, 0.6) is 28.7 Å². The van der Waals surface area contributed by atoms with Crippen molar-refractivity contribution in [3.05, 3.63) is 82.5 Å². The average molecular weight is 919 g/mol. The molecular formula is C42H46O23. The summed E-state index contributed by atoms with van der Waals surface area (Å²) >= 11 is 0. The van der Waals surface area contributed by atoms with Gasteiger partial charge >= 0.3 is 5.97 Å². The summed E-state index contributed by atoms with van der Waals surface area (Å²) in [7, 11) is 0. The number of carbonyl (C=O) groups excluding carboxylic acids is 1. The van der Waals surface area contributed by atoms with E-state index in [-0.39, 0.29) is 22.8 Å². The molecule has 7 rings (SSSR count). The molecule has 4 heterocycles. The Hall–Kier alpha value is -5.48. The smallest absolute Gasteiger partial charge is 0.331 e. The molecule has 3 aliphatic rings. The second-order valence-corrected chi connectivity index (χ2v) is 15.2. The van der Waals surface area contributed by atoms with Crippen molar-refractivity contribution in [1.29, 1.82) is 0 Å². The summed E-state index contributed by atoms with van der Waals surface area (Å²) in [6, 6.07) is 12.8. The zero-order valence-corrected chi connectivity index (χ0v) is 33.6. The topological polar surface area (TPSA) is 375 Å². The third-order valence-electron chi connectivity index (χ3n) is 10.8. The Kier molecular flexibility index (Phi) is 14.6. The molecule has 0 spiro atoms. The van der Waals surface area contributed by atoms with Crippen molar-refractivity contribution in [2.45, 2.75) is 92.1 Å². The third-order valence-corrected chi connectivity index (χ3v) is 10.8. The number of rotatable bonds is 13. The molecule has 15 atom stereocenters. The summed E-state index contributed by atoms with van der Waals surface area (Å²) in [5.74, 6) is -3.51. The molecule has 3 fully saturated rings. The molecule has 4 aromatic rings. The Morgan fingerprint density at radius 2 is 1.12 bits per heavy atom. The number of aliphatic hydroxyl groups is 11. The van der Waals surface area contributed by atoms with Crippen molar-refractivity contribution in [2.75, 3.05) is 19.8 Å². The second kappa shape index (κ2) is 19.9. The minimum Gasteiger partial charge on any atom is -0.508 e. The van der Waals surface area contributed by atoms with E-state index < -0.39 is 152 Å². The van der Waals surface area contributed by atoms with Crippen molar-refractivity contribution in [2.24, 2.45) is 0 Å². The van der Waals surface area contributed by atoms with Crippen LogP contribution in [0.4, 0.5) is 0 Å². The maximum Gasteiger partial charge on any atom is 0.331 e. The quantitative estimate of drug-likeness (QED) is 0.0461. The van der Waals surface area contributed by atoms with Crippen LogP contribution in [0, 0.1) is 0 Å². The number of fused-ring (bicyclic) bond motifs is 1. The highest BCUT2D eigenvalue weighted by Gasteiger charge is 2.49. The first kappa shape index (κ1) is 47.5. The Bertz CT molecular complexity index is 2350. The van der Waals surface area contributed by atoms with E-state index in [1.807, 2.05) is 0 Å². The van der Waals surface area contributed by atoms with Crippen molar-refractivity contribution in [3.8, 4) is 40.1 Å². The molecule has 0 bridgehead atoms. The molecule has 0 saturated carbocycles. The minimum absolute atomic E-state index is 0.000347. The predicted molar refractivity (Wildman–Crippen MR) is 214 cm³/mol. The van der Waals surface area contributed by atoms with Crippen LogP contribution in [0.3, 0.4) is 0 Å². The Labute approximate surface area is 365 Å². The van der Waals surface area contributed by atoms with Gasteiger partial charge in [-0.2, -0.15) is 0 Å². The third kappa shape index (κ3) is 9.89. The molecule has 0 aliphatic carbocycles. The first-order chi connectivity index (χ1) is 31.0. The average Bonchev–Trinajstić information content (AvgIpc) is 3.29. The summed E-state index contributed by atoms with van der Waals surface area (Å²) < 4.78 is 45.5. The molecule has 3 aromatic carbocycles. The lowest BCUT2D eigenvalue weighted by molar-refractivity contribution is -0.281. The Balaban J connectivity index is 1.27. The van der Waals surface area contributed by atoms with E-state index in [4.69, 9.17) is 37.6 Å². The van der Waals surface area contributed by atoms with Gasteiger partial charge in [-0.05, 0) is 48.0 Å². The van der Waals surface area contributed by atoms with Crippen LogP contribution in [0.25, 0.3) is 28.4 Å². The number of phenols is 2. The van der Waals surface area contributed by atoms with Crippen LogP contribution < -0.4 is 19.6 Å². The van der Waals surface area contributed by atoms with Gasteiger partial charge in [0.05, 0.1) is 19.8 Å². The van der Waals surface area contributed by atoms with Crippen LogP contribution in [-0.4, -0.2) is 184 Å². The van der Waals surface area contributed by atoms with Gasteiger partial charge in [0.25, 0.3) is 0 Å². The highest BCUT2D eigenvalue weighted by Crippen LogP contribution is 2.39. The van der Waals surface area contributed by atoms with E-state index in [0.717, 1.165) is 18.2 Å². The Morgan fingerprint density at radius 3 is 1.68 bits per heavy atom. The van der Waals surface area contributed by atoms with E-state index in [0.29, 0.717) is 5.56 Å². The van der Waals surface area contributed by atoms with Gasteiger partial charge in [0, 0.05) is 23.8 Å². The molecule has 352 valence electrons. The first-order valence-corrected chi connectivity index (χ1v) is 19.9. The molecule has 0 unspecified atom stereocenters. The van der Waals surface area contributed by atoms with Crippen molar-refractivity contribution in [1.82, 2.24) is 0 Å². The van der Waals surface area contributed by atoms with E-state index in [1.54, 1.807) is 0 Å². The van der Waals surface area contributed by atoms with Gasteiger partial charge in [0.15, 0.2) is 11.9 Å². The fourth-order valence-corrected chi connectivity index (χ4v) is 7.22. The standard InChI is InChI=1S/C42H46O23/c43-13-23-28(49)32(53)35(56)40(61-23)58-19-8-4-17(5-9-19)37-38(31(52)27-21(47)11-20(12-22(27)60-37)59-41-36(57)33(54)29(50)24(14-44)62-41)65-42-39(34(55)30(51)25(15-45)63-42)64-26(48)10-3-16-1-6-18(46)7-2-16/h1-12,23-25,28-30,32-36,39-47,49-51,53-57H,13-15H2/t23-,24-,25-,28-,29-,30-,32+,33+,34+,35-,36-,39-,40-,41-,42+/m1/s1. The molecule has 1 aromatic heterocycles. The number of hydrogen-bond acceptors (Lipinski definition) is 23. The van der Waals surface area contributed by atoms with Crippen molar-refractivity contribution < 1.29 is 109 Å². The normalized spacial score (nSPS) is 32.9. The number of hydrogen-bond donors (Lipinski definition) is 13. The van der Waals surface area contributed by atoms with Crippen molar-refractivity contribution in [3.63, 3.8) is 0 Å². The summed E-state index contributed by atoms with van der Waals surface area (Å²) in [5, 5.41) is 133. The monoisotopic (exact) mass is 918 g/mol. The molecule has 23 nitrogen and oxygen atoms in total. The van der Waals surface area contributed by atoms with Gasteiger partial charge in [-0.15, -0.1) is 0 Å². The van der Waals surface area contributed by atoms with Gasteiger partial charge in [-0.25, -0.2) is 4.79 Å². The maximum atomic E-state index is 14.5. The van der Waals surface area contributed by atoms with Gasteiger partial charge in [0.2, 0.25) is 30.0 Å². The van der Waals surface area contributed by atoms with E-state index in [9.17, 15) is 76.0 Å². The number of carbonyl (C=O) groups is 1. The fourth-order valence-electron chi connectivity index (χ4n) is 7.22. The van der Waals surface area contributed by atoms with Crippen LogP contribution in [0.1, 0.15) is 5.56 Å². The molecule has 3 aliphatic heterocycles. The van der Waals surface area contributed by atoms with Gasteiger partial charge < -0.3 is 104 Å². The van der Waals surface area contributed by atoms with Crippen LogP contribution >= 0.6 is 0 Å².